The van der Waals surface area contributed by atoms with E-state index in [1.165, 1.54) is 0 Å². The number of ether oxygens (including phenoxy) is 4. The van der Waals surface area contributed by atoms with E-state index in [1.54, 1.807) is 41.5 Å². The summed E-state index contributed by atoms with van der Waals surface area (Å²) < 4.78 is 21.3. The first-order valence-electron chi connectivity index (χ1n) is 22.0. The molecular formula is C52H59NO13. The number of rotatable bonds is 18. The van der Waals surface area contributed by atoms with Gasteiger partial charge in [-0.05, 0) is 98.9 Å². The van der Waals surface area contributed by atoms with E-state index in [0.29, 0.717) is 0 Å². The van der Waals surface area contributed by atoms with E-state index in [2.05, 4.69) is 5.32 Å². The predicted molar refractivity (Wildman–Crippen MR) is 244 cm³/mol. The largest absolute Gasteiger partial charge is 0.481 e. The number of carbonyl (C=O) groups excluding carboxylic acids is 5. The highest BCUT2D eigenvalue weighted by molar-refractivity contribution is 5.88. The molecule has 0 saturated heterocycles. The number of nitrogens with one attached hydrogen (secondary N) is 1. The van der Waals surface area contributed by atoms with Crippen molar-refractivity contribution in [1.82, 2.24) is 5.32 Å². The molecule has 0 saturated carbocycles. The van der Waals surface area contributed by atoms with Gasteiger partial charge in [-0.3, -0.25) is 28.8 Å². The average molecular weight is 906 g/mol. The van der Waals surface area contributed by atoms with Crippen molar-refractivity contribution in [2.75, 3.05) is 19.8 Å². The molecule has 66 heavy (non-hydrogen) atoms. The lowest BCUT2D eigenvalue weighted by Gasteiger charge is -2.20. The molecule has 350 valence electrons. The first-order chi connectivity index (χ1) is 31.2. The minimum atomic E-state index is -1.18. The second kappa shape index (κ2) is 22.4. The molecule has 0 aliphatic heterocycles. The molecule has 14 nitrogen and oxygen atoms in total. The molecule has 4 aromatic carbocycles. The number of amides is 1. The van der Waals surface area contributed by atoms with Crippen LogP contribution in [-0.4, -0.2) is 82.9 Å². The molecule has 1 amide bonds. The van der Waals surface area contributed by atoms with Gasteiger partial charge < -0.3 is 34.5 Å². The van der Waals surface area contributed by atoms with Crippen molar-refractivity contribution in [3.63, 3.8) is 0 Å². The molecule has 2 aliphatic rings. The zero-order chi connectivity index (χ0) is 48.2. The molecule has 2 atom stereocenters. The maximum absolute atomic E-state index is 12.4. The lowest BCUT2D eigenvalue weighted by molar-refractivity contribution is -0.157. The second-order valence-corrected chi connectivity index (χ2v) is 18.4. The minimum Gasteiger partial charge on any atom is -0.481 e. The Morgan fingerprint density at radius 1 is 0.515 bits per heavy atom. The normalized spacial score (nSPS) is 13.5. The Morgan fingerprint density at radius 3 is 1.23 bits per heavy atom. The Balaban J connectivity index is 0.000000249. The van der Waals surface area contributed by atoms with Crippen LogP contribution in [0.15, 0.2) is 97.1 Å². The number of fused-ring (bicyclic) bond motifs is 6. The van der Waals surface area contributed by atoms with Crippen LogP contribution in [0.25, 0.3) is 22.3 Å². The van der Waals surface area contributed by atoms with Gasteiger partial charge in [0.15, 0.2) is 5.78 Å². The van der Waals surface area contributed by atoms with Crippen molar-refractivity contribution >= 4 is 41.7 Å². The van der Waals surface area contributed by atoms with Crippen molar-refractivity contribution in [3.8, 4) is 22.3 Å². The van der Waals surface area contributed by atoms with Gasteiger partial charge in [-0.25, -0.2) is 4.79 Å². The Bertz CT molecular complexity index is 2320. The van der Waals surface area contributed by atoms with Crippen LogP contribution < -0.4 is 5.32 Å². The van der Waals surface area contributed by atoms with Gasteiger partial charge in [0.1, 0.15) is 24.4 Å². The summed E-state index contributed by atoms with van der Waals surface area (Å²) in [5.74, 6) is -6.58. The lowest BCUT2D eigenvalue weighted by Crippen LogP contribution is -2.33. The van der Waals surface area contributed by atoms with Crippen LogP contribution in [0.1, 0.15) is 114 Å². The number of benzene rings is 4. The zero-order valence-electron chi connectivity index (χ0n) is 38.3. The van der Waals surface area contributed by atoms with Crippen molar-refractivity contribution < 1.29 is 62.7 Å². The number of hydrogen-bond donors (Lipinski definition) is 3. The number of aliphatic carboxylic acids is 2. The Hall–Kier alpha value is -6.83. The fraction of sp³-hybridized carbons (Fsp3) is 0.404. The third-order valence-electron chi connectivity index (χ3n) is 11.0. The maximum Gasteiger partial charge on any atom is 0.407 e. The molecule has 0 unspecified atom stereocenters. The first-order valence-corrected chi connectivity index (χ1v) is 22.0. The molecule has 0 spiro atoms. The van der Waals surface area contributed by atoms with Crippen molar-refractivity contribution in [2.24, 2.45) is 11.8 Å². The van der Waals surface area contributed by atoms with E-state index >= 15 is 0 Å². The van der Waals surface area contributed by atoms with Crippen LogP contribution in [0.4, 0.5) is 4.79 Å². The Kier molecular flexibility index (Phi) is 17.0. The summed E-state index contributed by atoms with van der Waals surface area (Å²) in [6, 6.07) is 31.9. The minimum absolute atomic E-state index is 0.0223. The molecule has 0 heterocycles. The van der Waals surface area contributed by atoms with Crippen LogP contribution in [0.2, 0.25) is 0 Å². The topological polar surface area (TPSA) is 209 Å². The highest BCUT2D eigenvalue weighted by Crippen LogP contribution is 2.45. The van der Waals surface area contributed by atoms with E-state index in [0.717, 1.165) is 44.5 Å². The van der Waals surface area contributed by atoms with E-state index < -0.39 is 64.8 Å². The van der Waals surface area contributed by atoms with Gasteiger partial charge in [0, 0.05) is 31.1 Å². The fourth-order valence-electron chi connectivity index (χ4n) is 8.04. The fourth-order valence-corrected chi connectivity index (χ4v) is 8.04. The Labute approximate surface area is 385 Å². The van der Waals surface area contributed by atoms with Crippen LogP contribution in [-0.2, 0) is 47.7 Å². The quantitative estimate of drug-likeness (QED) is 0.0630. The molecule has 4 aromatic rings. The van der Waals surface area contributed by atoms with Crippen LogP contribution >= 0.6 is 0 Å². The molecule has 0 aromatic heterocycles. The smallest absolute Gasteiger partial charge is 0.407 e. The number of esters is 3. The van der Waals surface area contributed by atoms with Gasteiger partial charge in [0.05, 0.1) is 24.8 Å². The van der Waals surface area contributed by atoms with E-state index in [9.17, 15) is 43.8 Å². The SMILES string of the molecule is CC(C)(C)OC(=O)CC[C@H](CC(=O)CNC(=O)OCC1c2ccccc2-c2ccccc21)C(=O)O.CC(C)(C)OC(=O)CC[C@H](CC(=O)OCC1c2ccccc2-c2ccccc21)C(=O)O. The third kappa shape index (κ3) is 14.3. The zero-order valence-corrected chi connectivity index (χ0v) is 38.3. The van der Waals surface area contributed by atoms with Crippen LogP contribution in [0, 0.1) is 11.8 Å². The van der Waals surface area contributed by atoms with Gasteiger partial charge >= 0.3 is 35.9 Å². The summed E-state index contributed by atoms with van der Waals surface area (Å²) in [4.78, 5) is 83.7. The number of hydrogen-bond acceptors (Lipinski definition) is 11. The van der Waals surface area contributed by atoms with Gasteiger partial charge in [-0.2, -0.15) is 0 Å². The summed E-state index contributed by atoms with van der Waals surface area (Å²) in [5, 5.41) is 21.2. The average Bonchev–Trinajstić information content (AvgIpc) is 3.75. The highest BCUT2D eigenvalue weighted by atomic mass is 16.6. The van der Waals surface area contributed by atoms with E-state index in [1.807, 2.05) is 97.1 Å². The van der Waals surface area contributed by atoms with Gasteiger partial charge in [0.2, 0.25) is 0 Å². The van der Waals surface area contributed by atoms with Gasteiger partial charge in [-0.1, -0.05) is 97.1 Å². The molecule has 6 rings (SSSR count). The number of carboxylic acid groups (broad SMARTS) is 2. The molecule has 0 fully saturated rings. The third-order valence-corrected chi connectivity index (χ3v) is 11.0. The predicted octanol–water partition coefficient (Wildman–Crippen LogP) is 8.86. The number of alkyl carbamates (subject to hydrolysis) is 1. The summed E-state index contributed by atoms with van der Waals surface area (Å²) in [6.07, 6.45) is -1.52. The van der Waals surface area contributed by atoms with Crippen molar-refractivity contribution in [2.45, 2.75) is 103 Å². The molecule has 0 bridgehead atoms. The molecule has 2 aliphatic carbocycles. The molecule has 14 heteroatoms. The summed E-state index contributed by atoms with van der Waals surface area (Å²) >= 11 is 0. The number of ketones is 1. The molecule has 0 radical (unpaired) electrons. The van der Waals surface area contributed by atoms with Gasteiger partial charge in [-0.15, -0.1) is 0 Å². The van der Waals surface area contributed by atoms with E-state index in [-0.39, 0.29) is 70.1 Å². The summed E-state index contributed by atoms with van der Waals surface area (Å²) in [7, 11) is 0. The molecule has 3 N–H and O–H groups in total. The van der Waals surface area contributed by atoms with Crippen molar-refractivity contribution in [1.29, 1.82) is 0 Å². The molecular weight excluding hydrogens is 847 g/mol. The Morgan fingerprint density at radius 2 is 0.864 bits per heavy atom. The monoisotopic (exact) mass is 905 g/mol. The summed E-state index contributed by atoms with van der Waals surface area (Å²) in [5.41, 5.74) is 7.50. The van der Waals surface area contributed by atoms with Crippen LogP contribution in [0.5, 0.6) is 0 Å². The number of Topliss-reactive ketones (excluding diaryl/α,β-unsaturated/α-hetero) is 1. The summed E-state index contributed by atoms with van der Waals surface area (Å²) in [6.45, 7) is 10.3. The standard InChI is InChI=1S/C27H31NO7.C25H28O6/c1-27(2,3)35-24(30)13-12-17(25(31)32)14-18(29)15-28-26(33)34-16-23-21-10-6-4-8-19(21)20-9-5-7-11-22(20)23;1-25(2,3)31-22(26)13-12-16(24(28)29)14-23(27)30-15-21-19-10-6-4-8-17(19)18-9-5-7-11-20(18)21/h4-11,17,23H,12-16H2,1-3H3,(H,28,33)(H,31,32);4-11,16,21H,12-15H2,1-3H3,(H,28,29)/t17-;16-/m11/s1. The second-order valence-electron chi connectivity index (χ2n) is 18.4. The van der Waals surface area contributed by atoms with E-state index in [4.69, 9.17) is 18.9 Å². The lowest BCUT2D eigenvalue weighted by atomic mass is 9.97. The number of carbonyl (C=O) groups is 7. The number of carboxylic acids is 2. The van der Waals surface area contributed by atoms with Crippen LogP contribution in [0.3, 0.4) is 0 Å². The van der Waals surface area contributed by atoms with Crippen molar-refractivity contribution in [3.05, 3.63) is 119 Å². The first kappa shape index (κ1) is 50.2. The highest BCUT2D eigenvalue weighted by Gasteiger charge is 2.32. The van der Waals surface area contributed by atoms with Gasteiger partial charge in [0.25, 0.3) is 0 Å². The maximum atomic E-state index is 12.4.